The monoisotopic (exact) mass is 258 g/mol. The fraction of sp³-hybridized carbons (Fsp3) is 0.0714. The molecule has 2 aromatic rings. The SMILES string of the molecule is Cc1ccc(N)cc1NC(=O)c1cc(O)cc(O)c1. The zero-order valence-corrected chi connectivity index (χ0v) is 10.3. The molecule has 0 saturated heterocycles. The van der Waals surface area contributed by atoms with Gasteiger partial charge in [0.25, 0.3) is 5.91 Å². The number of nitrogen functional groups attached to an aromatic ring is 1. The Morgan fingerprint density at radius 3 is 2.37 bits per heavy atom. The fourth-order valence-electron chi connectivity index (χ4n) is 1.70. The lowest BCUT2D eigenvalue weighted by molar-refractivity contribution is 0.102. The summed E-state index contributed by atoms with van der Waals surface area (Å²) in [7, 11) is 0. The third-order valence-corrected chi connectivity index (χ3v) is 2.67. The summed E-state index contributed by atoms with van der Waals surface area (Å²) in [5.74, 6) is -0.774. The van der Waals surface area contributed by atoms with Crippen LogP contribution in [-0.2, 0) is 0 Å². The van der Waals surface area contributed by atoms with Gasteiger partial charge in [-0.2, -0.15) is 0 Å². The van der Waals surface area contributed by atoms with Gasteiger partial charge in [0.15, 0.2) is 0 Å². The number of benzene rings is 2. The molecule has 5 heteroatoms. The number of carbonyl (C=O) groups is 1. The predicted octanol–water partition coefficient (Wildman–Crippen LogP) is 2.24. The number of nitrogens with one attached hydrogen (secondary N) is 1. The zero-order valence-electron chi connectivity index (χ0n) is 10.3. The Labute approximate surface area is 110 Å². The predicted molar refractivity (Wildman–Crippen MR) is 73.3 cm³/mol. The van der Waals surface area contributed by atoms with Crippen molar-refractivity contribution >= 4 is 17.3 Å². The lowest BCUT2D eigenvalue weighted by Gasteiger charge is -2.09. The summed E-state index contributed by atoms with van der Waals surface area (Å²) in [5.41, 5.74) is 7.82. The highest BCUT2D eigenvalue weighted by Crippen LogP contribution is 2.23. The van der Waals surface area contributed by atoms with Crippen molar-refractivity contribution in [3.05, 3.63) is 47.5 Å². The van der Waals surface area contributed by atoms with Crippen molar-refractivity contribution in [2.75, 3.05) is 11.1 Å². The molecule has 0 fully saturated rings. The molecule has 1 amide bonds. The molecule has 0 radical (unpaired) electrons. The van der Waals surface area contributed by atoms with E-state index >= 15 is 0 Å². The number of carbonyl (C=O) groups excluding carboxylic acids is 1. The molecule has 0 bridgehead atoms. The smallest absolute Gasteiger partial charge is 0.255 e. The minimum atomic E-state index is -0.431. The molecule has 0 saturated carbocycles. The van der Waals surface area contributed by atoms with Gasteiger partial charge in [-0.3, -0.25) is 4.79 Å². The van der Waals surface area contributed by atoms with Crippen molar-refractivity contribution in [2.24, 2.45) is 0 Å². The second kappa shape index (κ2) is 4.89. The van der Waals surface area contributed by atoms with Crippen LogP contribution in [-0.4, -0.2) is 16.1 Å². The van der Waals surface area contributed by atoms with Gasteiger partial charge in [-0.25, -0.2) is 0 Å². The third-order valence-electron chi connectivity index (χ3n) is 2.67. The average Bonchev–Trinajstić information content (AvgIpc) is 2.32. The molecule has 98 valence electrons. The van der Waals surface area contributed by atoms with Crippen molar-refractivity contribution in [1.82, 2.24) is 0 Å². The van der Waals surface area contributed by atoms with E-state index < -0.39 is 5.91 Å². The van der Waals surface area contributed by atoms with Gasteiger partial charge in [0.05, 0.1) is 0 Å². The zero-order chi connectivity index (χ0) is 14.0. The quantitative estimate of drug-likeness (QED) is 0.621. The van der Waals surface area contributed by atoms with Crippen molar-refractivity contribution in [1.29, 1.82) is 0 Å². The minimum absolute atomic E-state index is 0.166. The number of amides is 1. The Bertz CT molecular complexity index is 618. The van der Waals surface area contributed by atoms with Crippen LogP contribution in [0.2, 0.25) is 0 Å². The number of hydrogen-bond donors (Lipinski definition) is 4. The first kappa shape index (κ1) is 12.8. The Morgan fingerprint density at radius 2 is 1.74 bits per heavy atom. The van der Waals surface area contributed by atoms with E-state index in [9.17, 15) is 15.0 Å². The van der Waals surface area contributed by atoms with Gasteiger partial charge in [-0.15, -0.1) is 0 Å². The van der Waals surface area contributed by atoms with E-state index in [1.807, 2.05) is 6.92 Å². The van der Waals surface area contributed by atoms with Gasteiger partial charge < -0.3 is 21.3 Å². The highest BCUT2D eigenvalue weighted by Gasteiger charge is 2.10. The van der Waals surface area contributed by atoms with E-state index in [0.29, 0.717) is 11.4 Å². The number of phenolic OH excluding ortho intramolecular Hbond substituents is 2. The molecule has 0 atom stereocenters. The summed E-state index contributed by atoms with van der Waals surface area (Å²) in [6.07, 6.45) is 0. The molecule has 0 aliphatic rings. The fourth-order valence-corrected chi connectivity index (χ4v) is 1.70. The van der Waals surface area contributed by atoms with Gasteiger partial charge in [-0.1, -0.05) is 6.07 Å². The van der Waals surface area contributed by atoms with Crippen LogP contribution in [0.25, 0.3) is 0 Å². The summed E-state index contributed by atoms with van der Waals surface area (Å²) in [6.45, 7) is 1.84. The molecule has 2 rings (SSSR count). The maximum atomic E-state index is 12.0. The van der Waals surface area contributed by atoms with Crippen LogP contribution in [0, 0.1) is 6.92 Å². The topological polar surface area (TPSA) is 95.6 Å². The van der Waals surface area contributed by atoms with Gasteiger partial charge >= 0.3 is 0 Å². The highest BCUT2D eigenvalue weighted by atomic mass is 16.3. The number of hydrogen-bond acceptors (Lipinski definition) is 4. The van der Waals surface area contributed by atoms with Crippen molar-refractivity contribution < 1.29 is 15.0 Å². The van der Waals surface area contributed by atoms with Crippen LogP contribution < -0.4 is 11.1 Å². The second-order valence-electron chi connectivity index (χ2n) is 4.27. The largest absolute Gasteiger partial charge is 0.508 e. The number of rotatable bonds is 2. The van der Waals surface area contributed by atoms with Crippen LogP contribution in [0.15, 0.2) is 36.4 Å². The standard InChI is InChI=1S/C14H14N2O3/c1-8-2-3-10(15)6-13(8)16-14(19)9-4-11(17)7-12(18)5-9/h2-7,17-18H,15H2,1H3,(H,16,19). The van der Waals surface area contributed by atoms with Gasteiger partial charge in [-0.05, 0) is 36.8 Å². The van der Waals surface area contributed by atoms with Crippen molar-refractivity contribution in [3.8, 4) is 11.5 Å². The van der Waals surface area contributed by atoms with Crippen LogP contribution >= 0.6 is 0 Å². The second-order valence-corrected chi connectivity index (χ2v) is 4.27. The molecule has 0 spiro atoms. The first-order chi connectivity index (χ1) is 8.95. The van der Waals surface area contributed by atoms with Crippen LogP contribution in [0.5, 0.6) is 11.5 Å². The summed E-state index contributed by atoms with van der Waals surface area (Å²) < 4.78 is 0. The number of aromatic hydroxyl groups is 2. The van der Waals surface area contributed by atoms with Crippen molar-refractivity contribution in [3.63, 3.8) is 0 Å². The minimum Gasteiger partial charge on any atom is -0.508 e. The third kappa shape index (κ3) is 2.95. The Kier molecular flexibility index (Phi) is 3.29. The maximum absolute atomic E-state index is 12.0. The summed E-state index contributed by atoms with van der Waals surface area (Å²) in [4.78, 5) is 12.0. The lowest BCUT2D eigenvalue weighted by atomic mass is 10.1. The molecule has 0 heterocycles. The maximum Gasteiger partial charge on any atom is 0.255 e. The lowest BCUT2D eigenvalue weighted by Crippen LogP contribution is -2.12. The number of aryl methyl sites for hydroxylation is 1. The Balaban J connectivity index is 2.28. The van der Waals surface area contributed by atoms with E-state index in [0.717, 1.165) is 11.6 Å². The number of nitrogens with two attached hydrogens (primary N) is 1. The summed E-state index contributed by atoms with van der Waals surface area (Å²) in [6, 6.07) is 8.89. The van der Waals surface area contributed by atoms with E-state index in [4.69, 9.17) is 5.73 Å². The van der Waals surface area contributed by atoms with E-state index in [1.54, 1.807) is 18.2 Å². The highest BCUT2D eigenvalue weighted by molar-refractivity contribution is 6.05. The Morgan fingerprint density at radius 1 is 1.11 bits per heavy atom. The van der Waals surface area contributed by atoms with Gasteiger partial charge in [0.1, 0.15) is 11.5 Å². The normalized spacial score (nSPS) is 10.2. The summed E-state index contributed by atoms with van der Waals surface area (Å²) >= 11 is 0. The first-order valence-corrected chi connectivity index (χ1v) is 5.66. The van der Waals surface area contributed by atoms with Crippen LogP contribution in [0.4, 0.5) is 11.4 Å². The molecule has 5 nitrogen and oxygen atoms in total. The molecule has 2 aromatic carbocycles. The molecule has 0 aromatic heterocycles. The van der Waals surface area contributed by atoms with Crippen molar-refractivity contribution in [2.45, 2.75) is 6.92 Å². The van der Waals surface area contributed by atoms with E-state index in [-0.39, 0.29) is 17.1 Å². The van der Waals surface area contributed by atoms with Crippen LogP contribution in [0.3, 0.4) is 0 Å². The van der Waals surface area contributed by atoms with Gasteiger partial charge in [0, 0.05) is 23.0 Å². The number of phenols is 2. The molecular formula is C14H14N2O3. The molecule has 0 aliphatic heterocycles. The van der Waals surface area contributed by atoms with Gasteiger partial charge in [0.2, 0.25) is 0 Å². The summed E-state index contributed by atoms with van der Waals surface area (Å²) in [5, 5.41) is 21.4. The molecular weight excluding hydrogens is 244 g/mol. The Hall–Kier alpha value is -2.69. The number of anilines is 2. The van der Waals surface area contributed by atoms with E-state index in [1.165, 1.54) is 12.1 Å². The van der Waals surface area contributed by atoms with Crippen LogP contribution in [0.1, 0.15) is 15.9 Å². The molecule has 19 heavy (non-hydrogen) atoms. The molecule has 5 N–H and O–H groups in total. The first-order valence-electron chi connectivity index (χ1n) is 5.66. The average molecular weight is 258 g/mol. The molecule has 0 unspecified atom stereocenters. The van der Waals surface area contributed by atoms with E-state index in [2.05, 4.69) is 5.32 Å². The molecule has 0 aliphatic carbocycles.